The third-order valence-electron chi connectivity index (χ3n) is 4.61. The first-order chi connectivity index (χ1) is 12.7. The van der Waals surface area contributed by atoms with Gasteiger partial charge in [-0.1, -0.05) is 84.6 Å². The zero-order chi connectivity index (χ0) is 19.3. The summed E-state index contributed by atoms with van der Waals surface area (Å²) in [6, 6.07) is 0.867. The Bertz CT molecular complexity index is 261. The topological polar surface area (TPSA) is 27.7 Å². The van der Waals surface area contributed by atoms with Crippen molar-refractivity contribution in [2.45, 2.75) is 110 Å². The van der Waals surface area contributed by atoms with E-state index in [1.165, 1.54) is 57.8 Å². The molecule has 0 amide bonds. The van der Waals surface area contributed by atoms with Crippen LogP contribution < -0.4 is 0 Å². The van der Waals surface area contributed by atoms with Crippen LogP contribution in [0.25, 0.3) is 0 Å². The van der Waals surface area contributed by atoms with E-state index in [0.29, 0.717) is 0 Å². The number of hydrogen-bond acceptors (Lipinski definition) is 3. The highest BCUT2D eigenvalue weighted by Gasteiger charge is 2.40. The molecule has 0 heterocycles. The third-order valence-corrected chi connectivity index (χ3v) is 7.45. The van der Waals surface area contributed by atoms with Crippen LogP contribution in [0, 0.1) is 0 Å². The second-order valence-corrected chi connectivity index (χ2v) is 9.97. The summed E-state index contributed by atoms with van der Waals surface area (Å²) in [5.74, 6) is 0. The van der Waals surface area contributed by atoms with Crippen LogP contribution in [0.4, 0.5) is 0 Å². The van der Waals surface area contributed by atoms with Gasteiger partial charge in [-0.25, -0.2) is 0 Å². The Kier molecular flexibility index (Phi) is 19.5. The van der Waals surface area contributed by atoms with Gasteiger partial charge in [0.15, 0.2) is 0 Å². The summed E-state index contributed by atoms with van der Waals surface area (Å²) in [5, 5.41) is 0. The highest BCUT2D eigenvalue weighted by Crippen LogP contribution is 2.21. The lowest BCUT2D eigenvalue weighted by molar-refractivity contribution is 0.0555. The molecule has 0 rings (SSSR count). The average Bonchev–Trinajstić information content (AvgIpc) is 2.65. The molecule has 0 unspecified atom stereocenters. The minimum atomic E-state index is -2.57. The average molecular weight is 387 g/mol. The van der Waals surface area contributed by atoms with E-state index in [1.807, 2.05) is 6.08 Å². The molecule has 0 fully saturated rings. The van der Waals surface area contributed by atoms with Gasteiger partial charge in [0.25, 0.3) is 0 Å². The molecule has 0 saturated carbocycles. The molecule has 0 radical (unpaired) electrons. The van der Waals surface area contributed by atoms with Crippen LogP contribution >= 0.6 is 0 Å². The second-order valence-electron chi connectivity index (χ2n) is 7.24. The fourth-order valence-electron chi connectivity index (χ4n) is 2.89. The van der Waals surface area contributed by atoms with Crippen molar-refractivity contribution in [2.24, 2.45) is 0 Å². The molecular weight excluding hydrogens is 340 g/mol. The van der Waals surface area contributed by atoms with Crippen LogP contribution in [0.2, 0.25) is 6.04 Å². The molecule has 3 nitrogen and oxygen atoms in total. The zero-order valence-corrected chi connectivity index (χ0v) is 19.0. The van der Waals surface area contributed by atoms with Gasteiger partial charge in [0, 0.05) is 25.9 Å². The Morgan fingerprint density at radius 1 is 0.615 bits per heavy atom. The maximum absolute atomic E-state index is 6.34. The van der Waals surface area contributed by atoms with E-state index in [1.54, 1.807) is 0 Å². The van der Waals surface area contributed by atoms with Gasteiger partial charge in [-0.3, -0.25) is 0 Å². The van der Waals surface area contributed by atoms with Crippen LogP contribution in [0.1, 0.15) is 104 Å². The molecule has 0 aromatic carbocycles. The molecule has 0 aromatic heterocycles. The summed E-state index contributed by atoms with van der Waals surface area (Å²) in [6.07, 6.45) is 17.5. The minimum Gasteiger partial charge on any atom is -0.373 e. The third kappa shape index (κ3) is 14.9. The fraction of sp³-hybridized carbons (Fsp3) is 0.909. The van der Waals surface area contributed by atoms with Crippen molar-refractivity contribution in [1.82, 2.24) is 0 Å². The van der Waals surface area contributed by atoms with E-state index in [-0.39, 0.29) is 0 Å². The molecule has 0 aromatic rings. The smallest absolute Gasteiger partial charge is 0.373 e. The second kappa shape index (κ2) is 19.6. The highest BCUT2D eigenvalue weighted by molar-refractivity contribution is 6.60. The predicted molar refractivity (Wildman–Crippen MR) is 116 cm³/mol. The first kappa shape index (κ1) is 25.8. The molecule has 0 N–H and O–H groups in total. The maximum atomic E-state index is 6.34. The van der Waals surface area contributed by atoms with E-state index in [2.05, 4.69) is 27.4 Å². The van der Waals surface area contributed by atoms with Gasteiger partial charge >= 0.3 is 8.80 Å². The molecule has 156 valence electrons. The Hall–Kier alpha value is -0.163. The summed E-state index contributed by atoms with van der Waals surface area (Å²) >= 11 is 0. The van der Waals surface area contributed by atoms with Gasteiger partial charge < -0.3 is 13.3 Å². The Balaban J connectivity index is 4.55. The maximum Gasteiger partial charge on any atom is 0.501 e. The van der Waals surface area contributed by atoms with Crippen molar-refractivity contribution in [1.29, 1.82) is 0 Å². The molecule has 0 atom stereocenters. The van der Waals surface area contributed by atoms with E-state index >= 15 is 0 Å². The van der Waals surface area contributed by atoms with E-state index in [9.17, 15) is 0 Å². The Labute approximate surface area is 165 Å². The molecule has 0 aliphatic heterocycles. The van der Waals surface area contributed by atoms with Crippen LogP contribution in [-0.2, 0) is 13.3 Å². The van der Waals surface area contributed by atoms with Crippen molar-refractivity contribution < 1.29 is 13.3 Å². The van der Waals surface area contributed by atoms with Crippen molar-refractivity contribution in [3.8, 4) is 0 Å². The lowest BCUT2D eigenvalue weighted by Gasteiger charge is -2.30. The number of rotatable bonds is 21. The molecular formula is C22H46O3Si. The van der Waals surface area contributed by atoms with Gasteiger partial charge in [-0.15, -0.1) is 6.58 Å². The number of unbranched alkanes of at least 4 members (excludes halogenated alkanes) is 9. The Morgan fingerprint density at radius 3 is 1.31 bits per heavy atom. The van der Waals surface area contributed by atoms with Gasteiger partial charge in [0.2, 0.25) is 0 Å². The predicted octanol–water partition coefficient (Wildman–Crippen LogP) is 7.29. The van der Waals surface area contributed by atoms with Gasteiger partial charge in [0.05, 0.1) is 0 Å². The van der Waals surface area contributed by atoms with E-state index in [4.69, 9.17) is 13.3 Å². The van der Waals surface area contributed by atoms with Crippen molar-refractivity contribution in [2.75, 3.05) is 19.8 Å². The van der Waals surface area contributed by atoms with Gasteiger partial charge in [0.1, 0.15) is 0 Å². The summed E-state index contributed by atoms with van der Waals surface area (Å²) in [4.78, 5) is 0. The van der Waals surface area contributed by atoms with Gasteiger partial charge in [-0.05, 0) is 25.7 Å². The van der Waals surface area contributed by atoms with Crippen LogP contribution in [0.15, 0.2) is 12.7 Å². The monoisotopic (exact) mass is 386 g/mol. The van der Waals surface area contributed by atoms with Crippen molar-refractivity contribution >= 4 is 8.80 Å². The summed E-state index contributed by atoms with van der Waals surface area (Å²) < 4.78 is 19.0. The first-order valence-electron chi connectivity index (χ1n) is 11.3. The largest absolute Gasteiger partial charge is 0.501 e. The van der Waals surface area contributed by atoms with Crippen molar-refractivity contribution in [3.63, 3.8) is 0 Å². The minimum absolute atomic E-state index is 0.771. The van der Waals surface area contributed by atoms with E-state index < -0.39 is 8.80 Å². The Morgan fingerprint density at radius 2 is 1.00 bits per heavy atom. The SMILES string of the molecule is C=CCC[Si](OCCCCCC)(OCCCCCC)OCCCCCC. The standard InChI is InChI=1S/C22H46O3Si/c1-5-9-13-16-19-23-26(22-12-8-4,24-20-17-14-10-6-2)25-21-18-15-11-7-3/h8H,4-7,9-22H2,1-3H3. The summed E-state index contributed by atoms with van der Waals surface area (Å²) in [7, 11) is -2.57. The number of allylic oxidation sites excluding steroid dienone is 1. The summed E-state index contributed by atoms with van der Waals surface area (Å²) in [6.45, 7) is 12.9. The molecule has 0 aliphatic carbocycles. The lowest BCUT2D eigenvalue weighted by Crippen LogP contribution is -2.46. The molecule has 0 aliphatic rings. The van der Waals surface area contributed by atoms with Gasteiger partial charge in [-0.2, -0.15) is 0 Å². The molecule has 26 heavy (non-hydrogen) atoms. The highest BCUT2D eigenvalue weighted by atomic mass is 28.4. The van der Waals surface area contributed by atoms with Crippen LogP contribution in [-0.4, -0.2) is 28.6 Å². The molecule has 0 saturated heterocycles. The first-order valence-corrected chi connectivity index (χ1v) is 13.2. The molecule has 0 bridgehead atoms. The summed E-state index contributed by atoms with van der Waals surface area (Å²) in [5.41, 5.74) is 0. The van der Waals surface area contributed by atoms with Crippen molar-refractivity contribution in [3.05, 3.63) is 12.7 Å². The molecule has 0 spiro atoms. The number of hydrogen-bond donors (Lipinski definition) is 0. The van der Waals surface area contributed by atoms with Crippen LogP contribution in [0.5, 0.6) is 0 Å². The lowest BCUT2D eigenvalue weighted by atomic mass is 10.2. The zero-order valence-electron chi connectivity index (χ0n) is 18.0. The molecule has 4 heteroatoms. The quantitative estimate of drug-likeness (QED) is 0.118. The van der Waals surface area contributed by atoms with E-state index in [0.717, 1.165) is 51.5 Å². The normalized spacial score (nSPS) is 11.8. The fourth-order valence-corrected chi connectivity index (χ4v) is 5.50. The van der Waals surface area contributed by atoms with Crippen LogP contribution in [0.3, 0.4) is 0 Å².